The lowest BCUT2D eigenvalue weighted by Gasteiger charge is -2.38. The minimum Gasteiger partial charge on any atom is -0.468 e. The predicted molar refractivity (Wildman–Crippen MR) is 110 cm³/mol. The number of carbonyl (C=O) groups excluding carboxylic acids is 2. The second-order valence-corrected chi connectivity index (χ2v) is 7.50. The van der Waals surface area contributed by atoms with E-state index in [-0.39, 0.29) is 11.9 Å². The van der Waals surface area contributed by atoms with E-state index in [1.807, 2.05) is 60.0 Å². The van der Waals surface area contributed by atoms with Crippen LogP contribution in [0.1, 0.15) is 33.1 Å². The van der Waals surface area contributed by atoms with E-state index in [0.717, 1.165) is 22.3 Å². The number of aryl methyl sites for hydroxylation is 2. The standard InChI is InChI=1S/C22H25ClN2O3/c1-15-8-9-17(16(2)14-15)21(26)25-12-10-24(11-13-25)20(22(27)28-3)18-6-4-5-7-19(18)23/h4-9,14,20H,10-13H2,1-3H3. The number of benzene rings is 2. The molecule has 1 fully saturated rings. The van der Waals surface area contributed by atoms with Gasteiger partial charge in [-0.05, 0) is 37.1 Å². The van der Waals surface area contributed by atoms with Gasteiger partial charge in [0.05, 0.1) is 7.11 Å². The van der Waals surface area contributed by atoms with E-state index >= 15 is 0 Å². The summed E-state index contributed by atoms with van der Waals surface area (Å²) in [5.41, 5.74) is 3.58. The summed E-state index contributed by atoms with van der Waals surface area (Å²) >= 11 is 6.33. The van der Waals surface area contributed by atoms with Crippen LogP contribution in [0.15, 0.2) is 42.5 Å². The van der Waals surface area contributed by atoms with Crippen LogP contribution in [0.4, 0.5) is 0 Å². The van der Waals surface area contributed by atoms with Gasteiger partial charge in [0.25, 0.3) is 5.91 Å². The highest BCUT2D eigenvalue weighted by Gasteiger charge is 2.33. The molecule has 1 atom stereocenters. The highest BCUT2D eigenvalue weighted by Crippen LogP contribution is 2.29. The van der Waals surface area contributed by atoms with Gasteiger partial charge >= 0.3 is 5.97 Å². The molecule has 1 unspecified atom stereocenters. The zero-order chi connectivity index (χ0) is 20.3. The summed E-state index contributed by atoms with van der Waals surface area (Å²) in [6.07, 6.45) is 0. The number of hydrogen-bond acceptors (Lipinski definition) is 4. The number of ether oxygens (including phenoxy) is 1. The SMILES string of the molecule is COC(=O)C(c1ccccc1Cl)N1CCN(C(=O)c2ccc(C)cc2C)CC1. The molecular formula is C22H25ClN2O3. The van der Waals surface area contributed by atoms with Crippen LogP contribution in [-0.2, 0) is 9.53 Å². The van der Waals surface area contributed by atoms with E-state index in [1.54, 1.807) is 6.07 Å². The molecule has 0 radical (unpaired) electrons. The maximum absolute atomic E-state index is 12.9. The van der Waals surface area contributed by atoms with Crippen LogP contribution < -0.4 is 0 Å². The van der Waals surface area contributed by atoms with Gasteiger partial charge in [0, 0.05) is 36.8 Å². The minimum atomic E-state index is -0.572. The van der Waals surface area contributed by atoms with Crippen molar-refractivity contribution in [2.45, 2.75) is 19.9 Å². The summed E-state index contributed by atoms with van der Waals surface area (Å²) in [6, 6.07) is 12.6. The van der Waals surface area contributed by atoms with Crippen molar-refractivity contribution >= 4 is 23.5 Å². The number of methoxy groups -OCH3 is 1. The van der Waals surface area contributed by atoms with Gasteiger partial charge in [-0.25, -0.2) is 4.79 Å². The minimum absolute atomic E-state index is 0.0320. The van der Waals surface area contributed by atoms with Crippen molar-refractivity contribution in [3.8, 4) is 0 Å². The van der Waals surface area contributed by atoms with Crippen LogP contribution in [0, 0.1) is 13.8 Å². The number of piperazine rings is 1. The average molecular weight is 401 g/mol. The van der Waals surface area contributed by atoms with Crippen LogP contribution in [-0.4, -0.2) is 55.0 Å². The molecule has 0 N–H and O–H groups in total. The summed E-state index contributed by atoms with van der Waals surface area (Å²) in [6.45, 7) is 6.21. The number of carbonyl (C=O) groups is 2. The molecule has 1 aliphatic heterocycles. The Labute approximate surface area is 170 Å². The number of amides is 1. The molecule has 1 aliphatic rings. The van der Waals surface area contributed by atoms with Gasteiger partial charge < -0.3 is 9.64 Å². The van der Waals surface area contributed by atoms with E-state index in [1.165, 1.54) is 7.11 Å². The lowest BCUT2D eigenvalue weighted by molar-refractivity contribution is -0.148. The summed E-state index contributed by atoms with van der Waals surface area (Å²) < 4.78 is 5.03. The Kier molecular flexibility index (Phi) is 6.37. The van der Waals surface area contributed by atoms with Gasteiger partial charge in [-0.15, -0.1) is 0 Å². The van der Waals surface area contributed by atoms with Crippen LogP contribution in [0.5, 0.6) is 0 Å². The van der Waals surface area contributed by atoms with Crippen LogP contribution in [0.3, 0.4) is 0 Å². The second kappa shape index (κ2) is 8.76. The normalized spacial score (nSPS) is 15.9. The van der Waals surface area contributed by atoms with E-state index in [0.29, 0.717) is 31.2 Å². The fourth-order valence-electron chi connectivity index (χ4n) is 3.69. The largest absolute Gasteiger partial charge is 0.468 e. The maximum atomic E-state index is 12.9. The highest BCUT2D eigenvalue weighted by molar-refractivity contribution is 6.31. The number of halogens is 1. The number of esters is 1. The van der Waals surface area contributed by atoms with E-state index in [2.05, 4.69) is 0 Å². The Balaban J connectivity index is 1.75. The number of nitrogens with zero attached hydrogens (tertiary/aromatic N) is 2. The molecular weight excluding hydrogens is 376 g/mol. The zero-order valence-electron chi connectivity index (χ0n) is 16.4. The van der Waals surface area contributed by atoms with Gasteiger partial charge in [0.1, 0.15) is 6.04 Å². The average Bonchev–Trinajstić information content (AvgIpc) is 2.69. The van der Waals surface area contributed by atoms with Crippen LogP contribution in [0.25, 0.3) is 0 Å². The maximum Gasteiger partial charge on any atom is 0.327 e. The molecule has 1 heterocycles. The third-order valence-electron chi connectivity index (χ3n) is 5.20. The topological polar surface area (TPSA) is 49.9 Å². The Morgan fingerprint density at radius 2 is 1.71 bits per heavy atom. The molecule has 5 nitrogen and oxygen atoms in total. The Hall–Kier alpha value is -2.37. The van der Waals surface area contributed by atoms with Crippen molar-refractivity contribution in [1.29, 1.82) is 0 Å². The smallest absolute Gasteiger partial charge is 0.327 e. The molecule has 0 spiro atoms. The summed E-state index contributed by atoms with van der Waals surface area (Å²) in [7, 11) is 1.38. The molecule has 1 saturated heterocycles. The van der Waals surface area contributed by atoms with Gasteiger partial charge in [0.2, 0.25) is 0 Å². The van der Waals surface area contributed by atoms with Gasteiger partial charge in [0.15, 0.2) is 0 Å². The molecule has 2 aromatic carbocycles. The van der Waals surface area contributed by atoms with Crippen LogP contribution >= 0.6 is 11.6 Å². The first-order valence-corrected chi connectivity index (χ1v) is 9.73. The quantitative estimate of drug-likeness (QED) is 0.735. The van der Waals surface area contributed by atoms with Crippen molar-refractivity contribution in [1.82, 2.24) is 9.80 Å². The number of rotatable bonds is 4. The van der Waals surface area contributed by atoms with Crippen molar-refractivity contribution < 1.29 is 14.3 Å². The zero-order valence-corrected chi connectivity index (χ0v) is 17.2. The summed E-state index contributed by atoms with van der Waals surface area (Å²) in [5.74, 6) is -0.313. The highest BCUT2D eigenvalue weighted by atomic mass is 35.5. The van der Waals surface area contributed by atoms with Gasteiger partial charge in [-0.1, -0.05) is 47.5 Å². The number of hydrogen-bond donors (Lipinski definition) is 0. The molecule has 2 aromatic rings. The predicted octanol–water partition coefficient (Wildman–Crippen LogP) is 3.63. The molecule has 3 rings (SSSR count). The lowest BCUT2D eigenvalue weighted by atomic mass is 10.0. The Morgan fingerprint density at radius 3 is 2.32 bits per heavy atom. The molecule has 1 amide bonds. The first kappa shape index (κ1) is 20.4. The Bertz CT molecular complexity index is 876. The van der Waals surface area contributed by atoms with Crippen molar-refractivity contribution in [2.24, 2.45) is 0 Å². The van der Waals surface area contributed by atoms with Crippen molar-refractivity contribution in [3.05, 3.63) is 69.7 Å². The molecule has 28 heavy (non-hydrogen) atoms. The van der Waals surface area contributed by atoms with Crippen molar-refractivity contribution in [3.63, 3.8) is 0 Å². The fourth-order valence-corrected chi connectivity index (χ4v) is 3.93. The molecule has 0 aliphatic carbocycles. The third-order valence-corrected chi connectivity index (χ3v) is 5.55. The third kappa shape index (κ3) is 4.21. The molecule has 6 heteroatoms. The molecule has 0 bridgehead atoms. The van der Waals surface area contributed by atoms with E-state index in [4.69, 9.17) is 16.3 Å². The summed E-state index contributed by atoms with van der Waals surface area (Å²) in [4.78, 5) is 29.3. The molecule has 0 saturated carbocycles. The molecule has 0 aromatic heterocycles. The summed E-state index contributed by atoms with van der Waals surface area (Å²) in [5, 5.41) is 0.534. The van der Waals surface area contributed by atoms with Gasteiger partial charge in [-0.3, -0.25) is 9.69 Å². The Morgan fingerprint density at radius 1 is 1.04 bits per heavy atom. The lowest BCUT2D eigenvalue weighted by Crippen LogP contribution is -2.51. The second-order valence-electron chi connectivity index (χ2n) is 7.09. The van der Waals surface area contributed by atoms with E-state index in [9.17, 15) is 9.59 Å². The van der Waals surface area contributed by atoms with Gasteiger partial charge in [-0.2, -0.15) is 0 Å². The van der Waals surface area contributed by atoms with Crippen molar-refractivity contribution in [2.75, 3.05) is 33.3 Å². The first-order chi connectivity index (χ1) is 13.4. The van der Waals surface area contributed by atoms with Crippen LogP contribution in [0.2, 0.25) is 5.02 Å². The molecule has 148 valence electrons. The monoisotopic (exact) mass is 400 g/mol. The first-order valence-electron chi connectivity index (χ1n) is 9.35. The fraction of sp³-hybridized carbons (Fsp3) is 0.364. The van der Waals surface area contributed by atoms with E-state index < -0.39 is 6.04 Å².